The van der Waals surface area contributed by atoms with Crippen molar-refractivity contribution in [2.24, 2.45) is 0 Å². The minimum absolute atomic E-state index is 0.435. The Balaban J connectivity index is 2.29. The van der Waals surface area contributed by atoms with Crippen molar-refractivity contribution in [3.05, 3.63) is 42.0 Å². The van der Waals surface area contributed by atoms with Gasteiger partial charge in [-0.3, -0.25) is 0 Å². The van der Waals surface area contributed by atoms with Crippen LogP contribution in [0.2, 0.25) is 0 Å². The van der Waals surface area contributed by atoms with Gasteiger partial charge in [0.05, 0.1) is 0 Å². The third-order valence-electron chi connectivity index (χ3n) is 3.42. The maximum atomic E-state index is 11.3. The van der Waals surface area contributed by atoms with E-state index in [1.54, 1.807) is 17.8 Å². The lowest BCUT2D eigenvalue weighted by atomic mass is 10.0. The van der Waals surface area contributed by atoms with Crippen molar-refractivity contribution in [3.63, 3.8) is 0 Å². The Labute approximate surface area is 139 Å². The highest BCUT2D eigenvalue weighted by Gasteiger charge is 2.19. The molecule has 0 radical (unpaired) electrons. The first-order valence-electron chi connectivity index (χ1n) is 6.84. The summed E-state index contributed by atoms with van der Waals surface area (Å²) in [7, 11) is 0. The van der Waals surface area contributed by atoms with Crippen molar-refractivity contribution < 1.29 is 9.90 Å². The number of hydrogen-bond acceptors (Lipinski definition) is 4. The number of rotatable bonds is 6. The molecule has 0 unspecified atom stereocenters. The van der Waals surface area contributed by atoms with Crippen LogP contribution >= 0.6 is 24.0 Å². The monoisotopic (exact) mass is 334 g/mol. The molecule has 0 saturated heterocycles. The van der Waals surface area contributed by atoms with Gasteiger partial charge < -0.3 is 16.2 Å². The van der Waals surface area contributed by atoms with E-state index in [-0.39, 0.29) is 0 Å². The maximum Gasteiger partial charge on any atom is 0.326 e. The Kier molecular flexibility index (Phi) is 5.63. The molecule has 1 atom stereocenters. The van der Waals surface area contributed by atoms with E-state index in [4.69, 9.17) is 18.0 Å². The quantitative estimate of drug-likeness (QED) is 0.557. The molecule has 0 aliphatic carbocycles. The molecule has 0 bridgehead atoms. The van der Waals surface area contributed by atoms with E-state index in [9.17, 15) is 9.90 Å². The molecule has 22 heavy (non-hydrogen) atoms. The van der Waals surface area contributed by atoms with Gasteiger partial charge in [0, 0.05) is 16.6 Å². The Bertz CT molecular complexity index is 704. The summed E-state index contributed by atoms with van der Waals surface area (Å²) >= 11 is 7.03. The van der Waals surface area contributed by atoms with Crippen LogP contribution < -0.4 is 11.1 Å². The third kappa shape index (κ3) is 3.69. The highest BCUT2D eigenvalue weighted by molar-refractivity contribution is 7.98. The second kappa shape index (κ2) is 7.47. The van der Waals surface area contributed by atoms with E-state index in [1.807, 2.05) is 36.6 Å². The van der Waals surface area contributed by atoms with E-state index in [0.29, 0.717) is 17.1 Å². The lowest BCUT2D eigenvalue weighted by Gasteiger charge is -2.17. The summed E-state index contributed by atoms with van der Waals surface area (Å²) < 4.78 is 0. The average Bonchev–Trinajstić information content (AvgIpc) is 2.51. The molecule has 0 amide bonds. The van der Waals surface area contributed by atoms with Gasteiger partial charge >= 0.3 is 5.97 Å². The first-order valence-corrected chi connectivity index (χ1v) is 8.64. The van der Waals surface area contributed by atoms with Crippen LogP contribution in [-0.2, 0) is 4.79 Å². The van der Waals surface area contributed by atoms with Crippen LogP contribution in [0.4, 0.5) is 5.69 Å². The molecule has 0 spiro atoms. The normalized spacial score (nSPS) is 12.0. The summed E-state index contributed by atoms with van der Waals surface area (Å²) in [6, 6.07) is 10.6. The lowest BCUT2D eigenvalue weighted by molar-refractivity contribution is -0.139. The van der Waals surface area contributed by atoms with Crippen LogP contribution in [-0.4, -0.2) is 34.1 Å². The second-order valence-electron chi connectivity index (χ2n) is 4.89. The number of hydrogen-bond donors (Lipinski definition) is 3. The number of carboxylic acids is 1. The topological polar surface area (TPSA) is 75.3 Å². The highest BCUT2D eigenvalue weighted by atomic mass is 32.2. The maximum absolute atomic E-state index is 11.3. The van der Waals surface area contributed by atoms with Gasteiger partial charge in [-0.15, -0.1) is 0 Å². The van der Waals surface area contributed by atoms with E-state index in [2.05, 4.69) is 5.32 Å². The Morgan fingerprint density at radius 3 is 2.64 bits per heavy atom. The number of benzene rings is 2. The van der Waals surface area contributed by atoms with Gasteiger partial charge in [0.15, 0.2) is 0 Å². The van der Waals surface area contributed by atoms with Crippen molar-refractivity contribution in [2.75, 3.05) is 17.7 Å². The van der Waals surface area contributed by atoms with Gasteiger partial charge in [-0.25, -0.2) is 4.79 Å². The first kappa shape index (κ1) is 16.6. The van der Waals surface area contributed by atoms with Crippen molar-refractivity contribution >= 4 is 51.4 Å². The van der Waals surface area contributed by atoms with Crippen LogP contribution in [0.15, 0.2) is 36.4 Å². The molecule has 0 aliphatic heterocycles. The third-order valence-corrected chi connectivity index (χ3v) is 4.40. The van der Waals surface area contributed by atoms with E-state index < -0.39 is 12.0 Å². The molecular weight excluding hydrogens is 316 g/mol. The summed E-state index contributed by atoms with van der Waals surface area (Å²) in [6.45, 7) is 0. The summed E-state index contributed by atoms with van der Waals surface area (Å²) in [5.41, 5.74) is 7.46. The molecule has 0 fully saturated rings. The smallest absolute Gasteiger partial charge is 0.326 e. The number of fused-ring (bicyclic) bond motifs is 1. The fourth-order valence-corrected chi connectivity index (χ4v) is 3.04. The van der Waals surface area contributed by atoms with Gasteiger partial charge in [0.25, 0.3) is 0 Å². The fourth-order valence-electron chi connectivity index (χ4n) is 2.25. The second-order valence-corrected chi connectivity index (χ2v) is 6.29. The lowest BCUT2D eigenvalue weighted by Crippen LogP contribution is -2.40. The molecule has 0 aromatic heterocycles. The first-order chi connectivity index (χ1) is 10.5. The summed E-state index contributed by atoms with van der Waals surface area (Å²) in [4.78, 5) is 11.8. The number of nitrogens with two attached hydrogens (primary N) is 1. The molecule has 2 aromatic carbocycles. The van der Waals surface area contributed by atoms with E-state index >= 15 is 0 Å². The molecule has 0 heterocycles. The zero-order valence-corrected chi connectivity index (χ0v) is 13.8. The molecule has 6 heteroatoms. The van der Waals surface area contributed by atoms with Crippen molar-refractivity contribution in [3.8, 4) is 0 Å². The van der Waals surface area contributed by atoms with Crippen molar-refractivity contribution in [2.45, 2.75) is 12.5 Å². The van der Waals surface area contributed by atoms with Crippen molar-refractivity contribution in [1.82, 2.24) is 5.32 Å². The van der Waals surface area contributed by atoms with Crippen LogP contribution in [0.25, 0.3) is 10.8 Å². The van der Waals surface area contributed by atoms with Crippen LogP contribution in [0.3, 0.4) is 0 Å². The SMILES string of the molecule is CSCC[C@H](NC(=S)c1ccc(N)c2ccccc12)C(=O)O. The molecule has 4 N–H and O–H groups in total. The Hall–Kier alpha value is -1.79. The predicted octanol–water partition coefficient (Wildman–Crippen LogP) is 2.89. The predicted molar refractivity (Wildman–Crippen MR) is 97.6 cm³/mol. The largest absolute Gasteiger partial charge is 0.480 e. The van der Waals surface area contributed by atoms with Gasteiger partial charge in [-0.1, -0.05) is 36.5 Å². The Morgan fingerprint density at radius 2 is 2.00 bits per heavy atom. The number of thioether (sulfide) groups is 1. The fraction of sp³-hybridized carbons (Fsp3) is 0.250. The standard InChI is InChI=1S/C16H18N2O2S2/c1-22-9-8-14(16(19)20)18-15(21)12-6-7-13(17)11-5-3-2-4-10(11)12/h2-7,14H,8-9,17H2,1H3,(H,18,21)(H,19,20)/t14-/m0/s1. The number of carbonyl (C=O) groups is 1. The van der Waals surface area contributed by atoms with E-state index in [1.165, 1.54) is 0 Å². The molecule has 116 valence electrons. The molecule has 0 saturated carbocycles. The van der Waals surface area contributed by atoms with Gasteiger partial charge in [0.2, 0.25) is 0 Å². The number of nitrogen functional groups attached to an aromatic ring is 1. The number of carboxylic acid groups (broad SMARTS) is 1. The zero-order chi connectivity index (χ0) is 16.1. The number of aliphatic carboxylic acids is 1. The van der Waals surface area contributed by atoms with Crippen LogP contribution in [0.5, 0.6) is 0 Å². The number of nitrogens with one attached hydrogen (secondary N) is 1. The summed E-state index contributed by atoms with van der Waals surface area (Å²) in [6.07, 6.45) is 2.47. The van der Waals surface area contributed by atoms with Gasteiger partial charge in [-0.05, 0) is 35.9 Å². The van der Waals surface area contributed by atoms with Gasteiger partial charge in [0.1, 0.15) is 11.0 Å². The minimum Gasteiger partial charge on any atom is -0.480 e. The molecular formula is C16H18N2O2S2. The number of thiocarbonyl (C=S) groups is 1. The average molecular weight is 334 g/mol. The summed E-state index contributed by atoms with van der Waals surface area (Å²) in [5.74, 6) is -0.133. The summed E-state index contributed by atoms with van der Waals surface area (Å²) in [5, 5.41) is 14.1. The molecule has 2 rings (SSSR count). The van der Waals surface area contributed by atoms with Crippen LogP contribution in [0.1, 0.15) is 12.0 Å². The zero-order valence-electron chi connectivity index (χ0n) is 12.2. The van der Waals surface area contributed by atoms with Crippen molar-refractivity contribution in [1.29, 1.82) is 0 Å². The highest BCUT2D eigenvalue weighted by Crippen LogP contribution is 2.24. The Morgan fingerprint density at radius 1 is 1.32 bits per heavy atom. The van der Waals surface area contributed by atoms with Gasteiger partial charge in [-0.2, -0.15) is 11.8 Å². The van der Waals surface area contributed by atoms with Crippen LogP contribution in [0, 0.1) is 0 Å². The molecule has 0 aliphatic rings. The molecule has 2 aromatic rings. The number of anilines is 1. The van der Waals surface area contributed by atoms with E-state index in [0.717, 1.165) is 22.1 Å². The molecule has 4 nitrogen and oxygen atoms in total. The minimum atomic E-state index is -0.892.